The van der Waals surface area contributed by atoms with E-state index in [2.05, 4.69) is 15.0 Å². The second kappa shape index (κ2) is 10.3. The molecule has 5 rings (SSSR count). The third-order valence-electron chi connectivity index (χ3n) is 5.17. The van der Waals surface area contributed by atoms with Crippen LogP contribution in [-0.4, -0.2) is 15.0 Å². The third kappa shape index (κ3) is 5.49. The Balaban J connectivity index is 1.55. The van der Waals surface area contributed by atoms with Gasteiger partial charge in [0.25, 0.3) is 11.1 Å². The normalized spacial score (nSPS) is 11.1. The van der Waals surface area contributed by atoms with E-state index in [0.29, 0.717) is 37.1 Å². The number of rotatable bonds is 6. The van der Waals surface area contributed by atoms with Crippen LogP contribution in [-0.2, 0) is 5.75 Å². The van der Waals surface area contributed by atoms with Crippen LogP contribution >= 0.6 is 46.7 Å². The summed E-state index contributed by atoms with van der Waals surface area (Å²) in [5.74, 6) is 0.497. The van der Waals surface area contributed by atoms with E-state index >= 15 is 0 Å². The number of aromatic amines is 2. The fourth-order valence-corrected chi connectivity index (χ4v) is 5.70. The summed E-state index contributed by atoms with van der Waals surface area (Å²) in [4.78, 5) is 37.4. The summed E-state index contributed by atoms with van der Waals surface area (Å²) in [5, 5.41) is 2.39. The number of hydrogen-bond donors (Lipinski definition) is 2. The minimum absolute atomic E-state index is 0.278. The fraction of sp³-hybridized carbons (Fsp3) is 0.0385. The van der Waals surface area contributed by atoms with Crippen molar-refractivity contribution in [3.8, 4) is 11.1 Å². The molecule has 5 nitrogen and oxygen atoms in total. The molecule has 0 aliphatic carbocycles. The van der Waals surface area contributed by atoms with Crippen LogP contribution < -0.4 is 11.1 Å². The summed E-state index contributed by atoms with van der Waals surface area (Å²) in [5.41, 5.74) is 2.33. The summed E-state index contributed by atoms with van der Waals surface area (Å²) in [6, 6.07) is 24.0. The highest BCUT2D eigenvalue weighted by atomic mass is 35.5. The van der Waals surface area contributed by atoms with Crippen molar-refractivity contribution in [1.29, 1.82) is 0 Å². The second-order valence-corrected chi connectivity index (χ2v) is 10.5. The summed E-state index contributed by atoms with van der Waals surface area (Å²) < 4.78 is 0. The molecule has 0 unspecified atom stereocenters. The molecule has 2 N–H and O–H groups in total. The molecule has 0 bridgehead atoms. The molecular formula is C26H17Cl2N3O2S2. The zero-order chi connectivity index (χ0) is 24.4. The third-order valence-corrected chi connectivity index (χ3v) is 7.68. The lowest BCUT2D eigenvalue weighted by atomic mass is 10.0. The van der Waals surface area contributed by atoms with Crippen LogP contribution in [0.3, 0.4) is 0 Å². The Hall–Kier alpha value is -2.97. The maximum absolute atomic E-state index is 13.2. The van der Waals surface area contributed by atoms with Crippen molar-refractivity contribution in [2.45, 2.75) is 20.7 Å². The van der Waals surface area contributed by atoms with E-state index in [1.807, 2.05) is 60.7 Å². The maximum Gasteiger partial charge on any atom is 0.263 e. The Kier molecular flexibility index (Phi) is 7.02. The van der Waals surface area contributed by atoms with Crippen molar-refractivity contribution in [1.82, 2.24) is 15.0 Å². The highest BCUT2D eigenvalue weighted by Crippen LogP contribution is 2.37. The number of pyridine rings is 1. The fourth-order valence-electron chi connectivity index (χ4n) is 3.63. The molecule has 0 aliphatic rings. The van der Waals surface area contributed by atoms with Gasteiger partial charge in [0.1, 0.15) is 0 Å². The van der Waals surface area contributed by atoms with Gasteiger partial charge in [-0.05, 0) is 53.7 Å². The molecule has 2 aromatic heterocycles. The van der Waals surface area contributed by atoms with Gasteiger partial charge in [-0.3, -0.25) is 9.59 Å². The average molecular weight is 538 g/mol. The highest BCUT2D eigenvalue weighted by Gasteiger charge is 2.17. The number of aromatic nitrogens is 3. The van der Waals surface area contributed by atoms with Gasteiger partial charge >= 0.3 is 0 Å². The molecule has 0 aliphatic heterocycles. The van der Waals surface area contributed by atoms with Gasteiger partial charge in [0.05, 0.1) is 16.1 Å². The van der Waals surface area contributed by atoms with Gasteiger partial charge in [-0.25, -0.2) is 4.98 Å². The van der Waals surface area contributed by atoms with Crippen LogP contribution in [0.15, 0.2) is 103 Å². The molecule has 9 heteroatoms. The van der Waals surface area contributed by atoms with Crippen molar-refractivity contribution in [2.75, 3.05) is 0 Å². The van der Waals surface area contributed by atoms with Crippen molar-refractivity contribution in [3.63, 3.8) is 0 Å². The lowest BCUT2D eigenvalue weighted by Crippen LogP contribution is -2.13. The molecule has 0 spiro atoms. The topological polar surface area (TPSA) is 78.6 Å². The Bertz CT molecular complexity index is 1640. The SMILES string of the molecule is O=c1cc(CSc2ccc(Cl)cc2)nc(Sc2c(-c3ccccc3)c3ccc(Cl)cc3[nH]c2=O)[nH]1. The van der Waals surface area contributed by atoms with E-state index in [1.165, 1.54) is 6.07 Å². The van der Waals surface area contributed by atoms with Crippen molar-refractivity contribution in [3.05, 3.63) is 115 Å². The molecule has 0 saturated heterocycles. The molecule has 0 atom stereocenters. The maximum atomic E-state index is 13.2. The zero-order valence-corrected chi connectivity index (χ0v) is 21.2. The molecule has 35 heavy (non-hydrogen) atoms. The number of thioether (sulfide) groups is 1. The number of hydrogen-bond acceptors (Lipinski definition) is 5. The second-order valence-electron chi connectivity index (χ2n) is 7.60. The Morgan fingerprint density at radius 3 is 2.34 bits per heavy atom. The number of fused-ring (bicyclic) bond motifs is 1. The molecule has 0 fully saturated rings. The van der Waals surface area contributed by atoms with E-state index < -0.39 is 0 Å². The van der Waals surface area contributed by atoms with Gasteiger partial charge in [-0.1, -0.05) is 59.6 Å². The first-order valence-corrected chi connectivity index (χ1v) is 13.1. The Labute approximate surface area is 218 Å². The number of halogens is 2. The van der Waals surface area contributed by atoms with E-state index in [0.717, 1.165) is 33.2 Å². The summed E-state index contributed by atoms with van der Waals surface area (Å²) >= 11 is 14.8. The van der Waals surface area contributed by atoms with Crippen LogP contribution in [0.2, 0.25) is 10.0 Å². The highest BCUT2D eigenvalue weighted by molar-refractivity contribution is 7.99. The minimum atomic E-state index is -0.285. The van der Waals surface area contributed by atoms with Gasteiger partial charge in [-0.2, -0.15) is 0 Å². The largest absolute Gasteiger partial charge is 0.321 e. The monoisotopic (exact) mass is 537 g/mol. The standard InChI is InChI=1S/C26H17Cl2N3O2S2/c27-16-6-9-19(10-7-16)34-14-18-13-22(32)31-26(29-18)35-24-23(15-4-2-1-3-5-15)20-11-8-17(28)12-21(20)30-25(24)33/h1-13H,14H2,(H,30,33)(H,29,31,32). The molecule has 0 amide bonds. The molecule has 2 heterocycles. The molecule has 3 aromatic carbocycles. The molecule has 5 aromatic rings. The smallest absolute Gasteiger partial charge is 0.263 e. The van der Waals surface area contributed by atoms with Crippen LogP contribution in [0, 0.1) is 0 Å². The van der Waals surface area contributed by atoms with Crippen LogP contribution in [0.4, 0.5) is 0 Å². The van der Waals surface area contributed by atoms with E-state index in [9.17, 15) is 9.59 Å². The van der Waals surface area contributed by atoms with Gasteiger partial charge in [0, 0.05) is 37.7 Å². The number of nitrogens with zero attached hydrogens (tertiary/aromatic N) is 1. The van der Waals surface area contributed by atoms with Crippen molar-refractivity contribution >= 4 is 57.6 Å². The van der Waals surface area contributed by atoms with Crippen LogP contribution in [0.1, 0.15) is 5.69 Å². The first-order chi connectivity index (χ1) is 17.0. The number of nitrogens with one attached hydrogen (secondary N) is 2. The average Bonchev–Trinajstić information content (AvgIpc) is 2.84. The summed E-state index contributed by atoms with van der Waals surface area (Å²) in [6.07, 6.45) is 0. The molecule has 0 radical (unpaired) electrons. The van der Waals surface area contributed by atoms with Crippen molar-refractivity contribution < 1.29 is 0 Å². The van der Waals surface area contributed by atoms with Gasteiger partial charge in [-0.15, -0.1) is 11.8 Å². The predicted molar refractivity (Wildman–Crippen MR) is 145 cm³/mol. The first-order valence-electron chi connectivity index (χ1n) is 10.5. The summed E-state index contributed by atoms with van der Waals surface area (Å²) in [7, 11) is 0. The predicted octanol–water partition coefficient (Wildman–Crippen LogP) is 7.03. The lowest BCUT2D eigenvalue weighted by Gasteiger charge is -2.13. The quantitative estimate of drug-likeness (QED) is 0.179. The van der Waals surface area contributed by atoms with Gasteiger partial charge in [0.15, 0.2) is 5.16 Å². The van der Waals surface area contributed by atoms with Gasteiger partial charge < -0.3 is 9.97 Å². The molecule has 174 valence electrons. The first kappa shape index (κ1) is 23.8. The van der Waals surface area contributed by atoms with E-state index in [1.54, 1.807) is 23.9 Å². The number of benzene rings is 3. The molecule has 0 saturated carbocycles. The van der Waals surface area contributed by atoms with E-state index in [-0.39, 0.29) is 11.1 Å². The molecular weight excluding hydrogens is 521 g/mol. The number of H-pyrrole nitrogens is 2. The minimum Gasteiger partial charge on any atom is -0.321 e. The Morgan fingerprint density at radius 2 is 1.57 bits per heavy atom. The van der Waals surface area contributed by atoms with Crippen LogP contribution in [0.5, 0.6) is 0 Å². The zero-order valence-electron chi connectivity index (χ0n) is 18.0. The summed E-state index contributed by atoms with van der Waals surface area (Å²) in [6.45, 7) is 0. The Morgan fingerprint density at radius 1 is 0.829 bits per heavy atom. The van der Waals surface area contributed by atoms with E-state index in [4.69, 9.17) is 23.2 Å². The lowest BCUT2D eigenvalue weighted by molar-refractivity contribution is 0.899. The van der Waals surface area contributed by atoms with Crippen molar-refractivity contribution in [2.24, 2.45) is 0 Å². The van der Waals surface area contributed by atoms with Crippen LogP contribution in [0.25, 0.3) is 22.0 Å². The van der Waals surface area contributed by atoms with Gasteiger partial charge in [0.2, 0.25) is 0 Å².